The number of carbonyl (C=O) groups excluding carboxylic acids is 1. The van der Waals surface area contributed by atoms with Gasteiger partial charge in [-0.3, -0.25) is 4.79 Å². The van der Waals surface area contributed by atoms with E-state index in [1.807, 2.05) is 36.4 Å². The zero-order chi connectivity index (χ0) is 13.9. The third-order valence-electron chi connectivity index (χ3n) is 2.98. The van der Waals surface area contributed by atoms with Crippen molar-refractivity contribution in [1.29, 1.82) is 0 Å². The van der Waals surface area contributed by atoms with Gasteiger partial charge in [0.1, 0.15) is 11.2 Å². The lowest BCUT2D eigenvalue weighted by atomic mass is 9.92. The third-order valence-corrected chi connectivity index (χ3v) is 2.98. The van der Waals surface area contributed by atoms with Crippen LogP contribution in [0, 0.1) is 0 Å². The first-order chi connectivity index (χ1) is 9.05. The van der Waals surface area contributed by atoms with Gasteiger partial charge in [-0.2, -0.15) is 0 Å². The van der Waals surface area contributed by atoms with Crippen LogP contribution in [0.2, 0.25) is 0 Å². The van der Waals surface area contributed by atoms with Crippen LogP contribution in [-0.2, 0) is 14.9 Å². The van der Waals surface area contributed by atoms with E-state index in [4.69, 9.17) is 4.74 Å². The number of ether oxygens (including phenoxy) is 1. The van der Waals surface area contributed by atoms with Crippen molar-refractivity contribution in [2.75, 3.05) is 7.11 Å². The van der Waals surface area contributed by atoms with Crippen molar-refractivity contribution in [2.24, 2.45) is 0 Å². The van der Waals surface area contributed by atoms with Crippen LogP contribution in [0.15, 0.2) is 42.6 Å². The lowest BCUT2D eigenvalue weighted by Crippen LogP contribution is -2.32. The zero-order valence-corrected chi connectivity index (χ0v) is 11.3. The summed E-state index contributed by atoms with van der Waals surface area (Å²) >= 11 is 0. The maximum Gasteiger partial charge on any atom is 0.318 e. The van der Waals surface area contributed by atoms with Crippen LogP contribution in [0.1, 0.15) is 19.7 Å². The van der Waals surface area contributed by atoms with Gasteiger partial charge in [0.05, 0.1) is 12.8 Å². The molecular formula is C15H16N2O2. The van der Waals surface area contributed by atoms with Gasteiger partial charge in [-0.1, -0.05) is 30.3 Å². The fourth-order valence-electron chi connectivity index (χ4n) is 1.78. The average molecular weight is 256 g/mol. The molecule has 0 aliphatic heterocycles. The van der Waals surface area contributed by atoms with Crippen LogP contribution < -0.4 is 0 Å². The van der Waals surface area contributed by atoms with E-state index in [2.05, 4.69) is 9.97 Å². The normalized spacial score (nSPS) is 11.1. The number of benzene rings is 1. The number of nitrogens with zero attached hydrogens (tertiary/aromatic N) is 2. The van der Waals surface area contributed by atoms with Crippen molar-refractivity contribution >= 4 is 5.97 Å². The summed E-state index contributed by atoms with van der Waals surface area (Å²) in [7, 11) is 1.37. The van der Waals surface area contributed by atoms with Crippen molar-refractivity contribution in [3.8, 4) is 11.3 Å². The molecule has 0 fully saturated rings. The molecule has 0 amide bonds. The SMILES string of the molecule is COC(=O)C(C)(C)c1nccc(-c2ccccc2)n1. The number of carbonyl (C=O) groups is 1. The van der Waals surface area contributed by atoms with Crippen molar-refractivity contribution < 1.29 is 9.53 Å². The number of hydrogen-bond acceptors (Lipinski definition) is 4. The van der Waals surface area contributed by atoms with Crippen molar-refractivity contribution in [2.45, 2.75) is 19.3 Å². The molecule has 0 bridgehead atoms. The quantitative estimate of drug-likeness (QED) is 0.792. The number of esters is 1. The van der Waals surface area contributed by atoms with Crippen molar-refractivity contribution in [3.05, 3.63) is 48.4 Å². The van der Waals surface area contributed by atoms with Crippen LogP contribution in [0.3, 0.4) is 0 Å². The molecule has 98 valence electrons. The van der Waals surface area contributed by atoms with E-state index in [1.54, 1.807) is 20.0 Å². The van der Waals surface area contributed by atoms with E-state index in [1.165, 1.54) is 7.11 Å². The van der Waals surface area contributed by atoms with E-state index < -0.39 is 5.41 Å². The first-order valence-electron chi connectivity index (χ1n) is 6.03. The first-order valence-corrected chi connectivity index (χ1v) is 6.03. The molecule has 4 heteroatoms. The minimum atomic E-state index is -0.862. The van der Waals surface area contributed by atoms with E-state index in [9.17, 15) is 4.79 Å². The monoisotopic (exact) mass is 256 g/mol. The summed E-state index contributed by atoms with van der Waals surface area (Å²) in [5.74, 6) is 0.110. The van der Waals surface area contributed by atoms with Gasteiger partial charge in [-0.25, -0.2) is 9.97 Å². The Kier molecular flexibility index (Phi) is 3.60. The molecule has 2 rings (SSSR count). The lowest BCUT2D eigenvalue weighted by molar-refractivity contribution is -0.146. The highest BCUT2D eigenvalue weighted by Gasteiger charge is 2.34. The van der Waals surface area contributed by atoms with Crippen LogP contribution in [-0.4, -0.2) is 23.0 Å². The summed E-state index contributed by atoms with van der Waals surface area (Å²) in [6.07, 6.45) is 1.66. The molecular weight excluding hydrogens is 240 g/mol. The van der Waals surface area contributed by atoms with Gasteiger partial charge in [0, 0.05) is 11.8 Å². The first kappa shape index (κ1) is 13.2. The predicted octanol–water partition coefficient (Wildman–Crippen LogP) is 2.59. The molecule has 0 unspecified atom stereocenters. The minimum absolute atomic E-state index is 0.349. The summed E-state index contributed by atoms with van der Waals surface area (Å²) in [5.41, 5.74) is 0.925. The van der Waals surface area contributed by atoms with Crippen molar-refractivity contribution in [3.63, 3.8) is 0 Å². The molecule has 0 saturated carbocycles. The van der Waals surface area contributed by atoms with Gasteiger partial charge in [-0.15, -0.1) is 0 Å². The van der Waals surface area contributed by atoms with Gasteiger partial charge in [0.2, 0.25) is 0 Å². The molecule has 0 spiro atoms. The predicted molar refractivity (Wildman–Crippen MR) is 72.5 cm³/mol. The molecule has 0 atom stereocenters. The highest BCUT2D eigenvalue weighted by molar-refractivity contribution is 5.81. The third kappa shape index (κ3) is 2.62. The van der Waals surface area contributed by atoms with Crippen molar-refractivity contribution in [1.82, 2.24) is 9.97 Å². The Balaban J connectivity index is 2.43. The fourth-order valence-corrected chi connectivity index (χ4v) is 1.78. The summed E-state index contributed by atoms with van der Waals surface area (Å²) in [6.45, 7) is 3.51. The average Bonchev–Trinajstić information content (AvgIpc) is 2.47. The highest BCUT2D eigenvalue weighted by atomic mass is 16.5. The standard InChI is InChI=1S/C15H16N2O2/c1-15(2,14(18)19-3)13-16-10-9-12(17-13)11-7-5-4-6-8-11/h4-10H,1-3H3. The zero-order valence-electron chi connectivity index (χ0n) is 11.3. The smallest absolute Gasteiger partial charge is 0.318 e. The number of methoxy groups -OCH3 is 1. The molecule has 0 aliphatic carbocycles. The number of hydrogen-bond donors (Lipinski definition) is 0. The Labute approximate surface area is 112 Å². The molecule has 0 radical (unpaired) electrons. The molecule has 1 aromatic carbocycles. The summed E-state index contributed by atoms with van der Waals surface area (Å²) in [6, 6.07) is 11.6. The Hall–Kier alpha value is -2.23. The topological polar surface area (TPSA) is 52.1 Å². The van der Waals surface area contributed by atoms with E-state index in [-0.39, 0.29) is 5.97 Å². The fraction of sp³-hybridized carbons (Fsp3) is 0.267. The molecule has 1 aromatic heterocycles. The Bertz CT molecular complexity index is 580. The van der Waals surface area contributed by atoms with Crippen LogP contribution in [0.25, 0.3) is 11.3 Å². The largest absolute Gasteiger partial charge is 0.468 e. The van der Waals surface area contributed by atoms with Gasteiger partial charge in [0.25, 0.3) is 0 Å². The molecule has 2 aromatic rings. The minimum Gasteiger partial charge on any atom is -0.468 e. The summed E-state index contributed by atoms with van der Waals surface area (Å²) in [4.78, 5) is 20.4. The Morgan fingerprint density at radius 1 is 1.16 bits per heavy atom. The number of rotatable bonds is 3. The molecule has 0 N–H and O–H groups in total. The molecule has 1 heterocycles. The molecule has 0 aliphatic rings. The highest BCUT2D eigenvalue weighted by Crippen LogP contribution is 2.23. The van der Waals surface area contributed by atoms with Gasteiger partial charge < -0.3 is 4.74 Å². The maximum atomic E-state index is 11.8. The molecule has 0 saturated heterocycles. The molecule has 4 nitrogen and oxygen atoms in total. The lowest BCUT2D eigenvalue weighted by Gasteiger charge is -2.20. The van der Waals surface area contributed by atoms with Crippen LogP contribution >= 0.6 is 0 Å². The Morgan fingerprint density at radius 3 is 2.47 bits per heavy atom. The van der Waals surface area contributed by atoms with E-state index in [0.29, 0.717) is 5.82 Å². The van der Waals surface area contributed by atoms with E-state index in [0.717, 1.165) is 11.3 Å². The Morgan fingerprint density at radius 2 is 1.84 bits per heavy atom. The van der Waals surface area contributed by atoms with E-state index >= 15 is 0 Å². The van der Waals surface area contributed by atoms with Gasteiger partial charge in [-0.05, 0) is 19.9 Å². The molecule has 19 heavy (non-hydrogen) atoms. The maximum absolute atomic E-state index is 11.8. The second kappa shape index (κ2) is 5.18. The van der Waals surface area contributed by atoms with Gasteiger partial charge in [0.15, 0.2) is 0 Å². The summed E-state index contributed by atoms with van der Waals surface area (Å²) < 4.78 is 4.80. The number of aromatic nitrogens is 2. The second-order valence-electron chi connectivity index (χ2n) is 4.75. The van der Waals surface area contributed by atoms with Crippen LogP contribution in [0.5, 0.6) is 0 Å². The van der Waals surface area contributed by atoms with Gasteiger partial charge >= 0.3 is 5.97 Å². The summed E-state index contributed by atoms with van der Waals surface area (Å²) in [5, 5.41) is 0. The van der Waals surface area contributed by atoms with Crippen LogP contribution in [0.4, 0.5) is 0 Å². The second-order valence-corrected chi connectivity index (χ2v) is 4.75.